The predicted molar refractivity (Wildman–Crippen MR) is 45.5 cm³/mol. The Morgan fingerprint density at radius 2 is 2.00 bits per heavy atom. The summed E-state index contributed by atoms with van der Waals surface area (Å²) in [6.07, 6.45) is 2.17. The lowest BCUT2D eigenvalue weighted by Crippen LogP contribution is -1.96. The van der Waals surface area contributed by atoms with E-state index in [1.165, 1.54) is 5.56 Å². The Balaban J connectivity index is 2.86. The minimum Gasteiger partial charge on any atom is -0.155 e. The Kier molecular flexibility index (Phi) is 2.58. The van der Waals surface area contributed by atoms with Crippen LogP contribution in [0.1, 0.15) is 30.3 Å². The molecule has 2 heteroatoms. The number of nitrogens with zero attached hydrogens (tertiary/aromatic N) is 2. The van der Waals surface area contributed by atoms with Crippen molar-refractivity contribution in [1.29, 1.82) is 0 Å². The Morgan fingerprint density at radius 1 is 1.27 bits per heavy atom. The molecule has 1 aromatic rings. The van der Waals surface area contributed by atoms with E-state index in [-0.39, 0.29) is 0 Å². The van der Waals surface area contributed by atoms with Crippen molar-refractivity contribution in [2.75, 3.05) is 0 Å². The third kappa shape index (κ3) is 2.00. The molecular formula is C9H14N2. The van der Waals surface area contributed by atoms with E-state index < -0.39 is 0 Å². The van der Waals surface area contributed by atoms with Crippen molar-refractivity contribution in [3.05, 3.63) is 23.0 Å². The molecule has 0 N–H and O–H groups in total. The maximum atomic E-state index is 4.08. The average molecular weight is 150 g/mol. The highest BCUT2D eigenvalue weighted by Crippen LogP contribution is 2.04. The maximum Gasteiger partial charge on any atom is 0.0633 e. The molecule has 60 valence electrons. The van der Waals surface area contributed by atoms with Crippen molar-refractivity contribution in [3.8, 4) is 0 Å². The van der Waals surface area contributed by atoms with Gasteiger partial charge in [-0.1, -0.05) is 13.3 Å². The molecular weight excluding hydrogens is 136 g/mol. The van der Waals surface area contributed by atoms with Crippen LogP contribution in [0.2, 0.25) is 0 Å². The first-order valence-electron chi connectivity index (χ1n) is 4.04. The number of hydrogen-bond donors (Lipinski definition) is 0. The van der Waals surface area contributed by atoms with Gasteiger partial charge >= 0.3 is 0 Å². The van der Waals surface area contributed by atoms with Crippen LogP contribution in [0.25, 0.3) is 0 Å². The van der Waals surface area contributed by atoms with Crippen LogP contribution >= 0.6 is 0 Å². The average Bonchev–Trinajstić information content (AvgIpc) is 1.98. The van der Waals surface area contributed by atoms with Gasteiger partial charge in [-0.2, -0.15) is 10.2 Å². The van der Waals surface area contributed by atoms with Crippen LogP contribution in [0.3, 0.4) is 0 Å². The van der Waals surface area contributed by atoms with Gasteiger partial charge in [-0.05, 0) is 31.9 Å². The number of aromatic nitrogens is 2. The van der Waals surface area contributed by atoms with Crippen LogP contribution in [-0.4, -0.2) is 10.2 Å². The van der Waals surface area contributed by atoms with Gasteiger partial charge in [0.25, 0.3) is 0 Å². The second-order valence-corrected chi connectivity index (χ2v) is 2.85. The molecule has 0 spiro atoms. The second-order valence-electron chi connectivity index (χ2n) is 2.85. The van der Waals surface area contributed by atoms with E-state index in [0.717, 1.165) is 24.2 Å². The van der Waals surface area contributed by atoms with E-state index in [1.807, 2.05) is 6.92 Å². The van der Waals surface area contributed by atoms with Crippen molar-refractivity contribution in [2.45, 2.75) is 33.6 Å². The summed E-state index contributed by atoms with van der Waals surface area (Å²) in [7, 11) is 0. The summed E-state index contributed by atoms with van der Waals surface area (Å²) >= 11 is 0. The van der Waals surface area contributed by atoms with Gasteiger partial charge in [0.2, 0.25) is 0 Å². The van der Waals surface area contributed by atoms with E-state index in [2.05, 4.69) is 30.1 Å². The first-order chi connectivity index (χ1) is 5.24. The van der Waals surface area contributed by atoms with Crippen LogP contribution in [0.5, 0.6) is 0 Å². The number of hydrogen-bond acceptors (Lipinski definition) is 2. The molecule has 0 saturated carbocycles. The zero-order valence-corrected chi connectivity index (χ0v) is 7.39. The maximum absolute atomic E-state index is 4.08. The first kappa shape index (κ1) is 8.18. The van der Waals surface area contributed by atoms with Gasteiger partial charge in [0, 0.05) is 0 Å². The summed E-state index contributed by atoms with van der Waals surface area (Å²) in [5, 5.41) is 8.13. The smallest absolute Gasteiger partial charge is 0.0633 e. The van der Waals surface area contributed by atoms with Crippen molar-refractivity contribution < 1.29 is 0 Å². The van der Waals surface area contributed by atoms with Crippen LogP contribution in [0.15, 0.2) is 6.07 Å². The van der Waals surface area contributed by atoms with E-state index in [0.29, 0.717) is 0 Å². The van der Waals surface area contributed by atoms with Crippen molar-refractivity contribution in [2.24, 2.45) is 0 Å². The quantitative estimate of drug-likeness (QED) is 0.644. The third-order valence-corrected chi connectivity index (χ3v) is 1.79. The Morgan fingerprint density at radius 3 is 2.55 bits per heavy atom. The zero-order valence-electron chi connectivity index (χ0n) is 7.39. The van der Waals surface area contributed by atoms with E-state index in [4.69, 9.17) is 0 Å². The summed E-state index contributed by atoms with van der Waals surface area (Å²) in [5.74, 6) is 0. The molecule has 1 rings (SSSR count). The molecule has 0 aliphatic rings. The largest absolute Gasteiger partial charge is 0.155 e. The normalized spacial score (nSPS) is 10.1. The predicted octanol–water partition coefficient (Wildman–Crippen LogP) is 2.05. The summed E-state index contributed by atoms with van der Waals surface area (Å²) in [6.45, 7) is 6.21. The van der Waals surface area contributed by atoms with Crippen LogP contribution in [0.4, 0.5) is 0 Å². The number of aryl methyl sites for hydroxylation is 3. The fraction of sp³-hybridized carbons (Fsp3) is 0.556. The van der Waals surface area contributed by atoms with Crippen molar-refractivity contribution in [1.82, 2.24) is 10.2 Å². The van der Waals surface area contributed by atoms with E-state index >= 15 is 0 Å². The summed E-state index contributed by atoms with van der Waals surface area (Å²) in [4.78, 5) is 0. The van der Waals surface area contributed by atoms with Gasteiger partial charge in [0.1, 0.15) is 0 Å². The molecule has 0 saturated heterocycles. The molecule has 0 unspecified atom stereocenters. The highest BCUT2D eigenvalue weighted by Gasteiger charge is 1.97. The first-order valence-corrected chi connectivity index (χ1v) is 4.04. The minimum absolute atomic E-state index is 1.03. The molecule has 11 heavy (non-hydrogen) atoms. The van der Waals surface area contributed by atoms with Gasteiger partial charge in [0.05, 0.1) is 11.4 Å². The van der Waals surface area contributed by atoms with Gasteiger partial charge in [-0.3, -0.25) is 0 Å². The molecule has 0 fully saturated rings. The van der Waals surface area contributed by atoms with Gasteiger partial charge in [0.15, 0.2) is 0 Å². The van der Waals surface area contributed by atoms with E-state index in [1.54, 1.807) is 0 Å². The Labute approximate surface area is 67.7 Å². The fourth-order valence-corrected chi connectivity index (χ4v) is 0.980. The van der Waals surface area contributed by atoms with E-state index in [9.17, 15) is 0 Å². The highest BCUT2D eigenvalue weighted by molar-refractivity contribution is 5.18. The Bertz CT molecular complexity index is 243. The van der Waals surface area contributed by atoms with Crippen LogP contribution in [0, 0.1) is 13.8 Å². The summed E-state index contributed by atoms with van der Waals surface area (Å²) in [5.41, 5.74) is 3.38. The number of rotatable bonds is 2. The van der Waals surface area contributed by atoms with Gasteiger partial charge in [-0.25, -0.2) is 0 Å². The van der Waals surface area contributed by atoms with Crippen molar-refractivity contribution in [3.63, 3.8) is 0 Å². The lowest BCUT2D eigenvalue weighted by Gasteiger charge is -2.00. The molecule has 1 aromatic heterocycles. The minimum atomic E-state index is 1.03. The molecule has 2 nitrogen and oxygen atoms in total. The summed E-state index contributed by atoms with van der Waals surface area (Å²) < 4.78 is 0. The SMILES string of the molecule is CCCc1cc(C)c(C)nn1. The fourth-order valence-electron chi connectivity index (χ4n) is 0.980. The molecule has 0 radical (unpaired) electrons. The standard InChI is InChI=1S/C9H14N2/c1-4-5-9-6-7(2)8(3)10-11-9/h6H,4-5H2,1-3H3. The lowest BCUT2D eigenvalue weighted by atomic mass is 10.2. The molecule has 0 aromatic carbocycles. The monoisotopic (exact) mass is 150 g/mol. The van der Waals surface area contributed by atoms with Crippen molar-refractivity contribution >= 4 is 0 Å². The second kappa shape index (κ2) is 3.46. The molecule has 0 amide bonds. The molecule has 0 bridgehead atoms. The zero-order chi connectivity index (χ0) is 8.27. The Hall–Kier alpha value is -0.920. The highest BCUT2D eigenvalue weighted by atomic mass is 15.1. The topological polar surface area (TPSA) is 25.8 Å². The molecule has 0 aliphatic carbocycles. The van der Waals surface area contributed by atoms with Gasteiger partial charge in [-0.15, -0.1) is 0 Å². The van der Waals surface area contributed by atoms with Gasteiger partial charge < -0.3 is 0 Å². The van der Waals surface area contributed by atoms with Crippen LogP contribution < -0.4 is 0 Å². The molecule has 0 aliphatic heterocycles. The summed E-state index contributed by atoms with van der Waals surface area (Å²) in [6, 6.07) is 2.12. The molecule has 1 heterocycles. The third-order valence-electron chi connectivity index (χ3n) is 1.79. The molecule has 0 atom stereocenters. The van der Waals surface area contributed by atoms with Crippen LogP contribution in [-0.2, 0) is 6.42 Å². The lowest BCUT2D eigenvalue weighted by molar-refractivity contribution is 0.820.